The van der Waals surface area contributed by atoms with Crippen molar-refractivity contribution in [3.8, 4) is 5.75 Å². The van der Waals surface area contributed by atoms with Crippen molar-refractivity contribution in [2.45, 2.75) is 52.2 Å². The van der Waals surface area contributed by atoms with Crippen molar-refractivity contribution in [2.75, 3.05) is 19.8 Å². The van der Waals surface area contributed by atoms with E-state index in [1.165, 1.54) is 17.7 Å². The van der Waals surface area contributed by atoms with Gasteiger partial charge < -0.3 is 18.7 Å². The quantitative estimate of drug-likeness (QED) is 0.215. The fraction of sp³-hybridized carbons (Fsp3) is 0.500. The van der Waals surface area contributed by atoms with Gasteiger partial charge in [-0.1, -0.05) is 29.3 Å². The van der Waals surface area contributed by atoms with Gasteiger partial charge in [0.2, 0.25) is 0 Å². The molecule has 0 bridgehead atoms. The van der Waals surface area contributed by atoms with Crippen LogP contribution in [0.3, 0.4) is 0 Å². The minimum atomic E-state index is -4.12. The number of carbonyl (C=O) groups is 1. The number of aromatic amines is 1. The van der Waals surface area contributed by atoms with Crippen LogP contribution in [0, 0.1) is 6.92 Å². The highest BCUT2D eigenvalue weighted by atomic mass is 79.9. The summed E-state index contributed by atoms with van der Waals surface area (Å²) >= 11 is 3.32. The maximum Gasteiger partial charge on any atom is 0.459 e. The summed E-state index contributed by atoms with van der Waals surface area (Å²) in [4.78, 5) is 38.2. The lowest BCUT2D eigenvalue weighted by molar-refractivity contribution is -0.145. The minimum absolute atomic E-state index is 0.00905. The Kier molecular flexibility index (Phi) is 10.1. The van der Waals surface area contributed by atoms with Crippen LogP contribution in [0.2, 0.25) is 0 Å². The van der Waals surface area contributed by atoms with Crippen LogP contribution in [0.4, 0.5) is 0 Å². The standard InChI is InChI=1S/C22H29BrN3O9P/c1-4-5-10-31-21(28)15(3)25-36(30,35-17-8-6-16(23)7-9-17)33-13-19-32-12-18(34-19)26-11-14(2)20(27)24-22(26)29/h6-9,11,15,18-19H,4-5,10,12-13H2,1-3H3,(H,25,30)(H,24,27,29)/t15-,18+,19+,36?/m0/s1. The summed E-state index contributed by atoms with van der Waals surface area (Å²) in [7, 11) is -4.12. The molecular formula is C22H29BrN3O9P. The Morgan fingerprint density at radius 2 is 2.06 bits per heavy atom. The zero-order chi connectivity index (χ0) is 26.3. The third-order valence-electron chi connectivity index (χ3n) is 5.06. The highest BCUT2D eigenvalue weighted by molar-refractivity contribution is 9.10. The number of aromatic nitrogens is 2. The Bertz CT molecular complexity index is 1200. The first kappa shape index (κ1) is 28.3. The molecule has 1 fully saturated rings. The highest BCUT2D eigenvalue weighted by Gasteiger charge is 2.36. The number of ether oxygens (including phenoxy) is 3. The van der Waals surface area contributed by atoms with Gasteiger partial charge in [0.1, 0.15) is 18.4 Å². The van der Waals surface area contributed by atoms with Crippen molar-refractivity contribution in [1.29, 1.82) is 0 Å². The number of rotatable bonds is 12. The van der Waals surface area contributed by atoms with Gasteiger partial charge in [-0.3, -0.25) is 23.7 Å². The molecule has 2 heterocycles. The van der Waals surface area contributed by atoms with E-state index in [4.69, 9.17) is 23.3 Å². The van der Waals surface area contributed by atoms with Crippen molar-refractivity contribution < 1.29 is 32.6 Å². The summed E-state index contributed by atoms with van der Waals surface area (Å²) in [6.07, 6.45) is 1.11. The number of aryl methyl sites for hydroxylation is 1. The molecule has 1 saturated heterocycles. The highest BCUT2D eigenvalue weighted by Crippen LogP contribution is 2.45. The second-order valence-corrected chi connectivity index (χ2v) is 10.7. The number of halogens is 1. The van der Waals surface area contributed by atoms with Gasteiger partial charge in [0.05, 0.1) is 13.2 Å². The van der Waals surface area contributed by atoms with Gasteiger partial charge in [-0.05, 0) is 44.5 Å². The van der Waals surface area contributed by atoms with Crippen molar-refractivity contribution >= 4 is 29.6 Å². The van der Waals surface area contributed by atoms with Gasteiger partial charge in [-0.2, -0.15) is 5.09 Å². The summed E-state index contributed by atoms with van der Waals surface area (Å²) in [5, 5.41) is 2.59. The molecule has 0 radical (unpaired) electrons. The van der Waals surface area contributed by atoms with E-state index in [0.717, 1.165) is 10.9 Å². The fourth-order valence-electron chi connectivity index (χ4n) is 3.09. The Morgan fingerprint density at radius 1 is 1.33 bits per heavy atom. The van der Waals surface area contributed by atoms with Crippen LogP contribution >= 0.6 is 23.7 Å². The number of H-pyrrole nitrogens is 1. The van der Waals surface area contributed by atoms with Crippen molar-refractivity contribution in [1.82, 2.24) is 14.6 Å². The van der Waals surface area contributed by atoms with Gasteiger partial charge in [-0.25, -0.2) is 9.36 Å². The maximum absolute atomic E-state index is 13.6. The molecule has 12 nitrogen and oxygen atoms in total. The van der Waals surface area contributed by atoms with Gasteiger partial charge in [0, 0.05) is 16.2 Å². The van der Waals surface area contributed by atoms with Crippen molar-refractivity contribution in [3.05, 3.63) is 61.3 Å². The van der Waals surface area contributed by atoms with E-state index in [0.29, 0.717) is 12.0 Å². The summed E-state index contributed by atoms with van der Waals surface area (Å²) < 4.78 is 43.1. The Hall–Kier alpha value is -2.28. The number of unbranched alkanes of at least 4 members (excludes halogenated alkanes) is 1. The average molecular weight is 590 g/mol. The smallest absolute Gasteiger partial charge is 0.459 e. The molecule has 1 aromatic carbocycles. The summed E-state index contributed by atoms with van der Waals surface area (Å²) in [5.41, 5.74) is -0.814. The number of hydrogen-bond acceptors (Lipinski definition) is 9. The zero-order valence-corrected chi connectivity index (χ0v) is 22.6. The van der Waals surface area contributed by atoms with E-state index in [9.17, 15) is 18.9 Å². The molecule has 2 aromatic rings. The molecule has 1 aliphatic heterocycles. The molecule has 1 aromatic heterocycles. The summed E-state index contributed by atoms with van der Waals surface area (Å²) in [6, 6.07) is 5.55. The van der Waals surface area contributed by atoms with Gasteiger partial charge >= 0.3 is 19.4 Å². The predicted molar refractivity (Wildman–Crippen MR) is 133 cm³/mol. The Morgan fingerprint density at radius 3 is 2.75 bits per heavy atom. The Balaban J connectivity index is 1.68. The molecule has 2 N–H and O–H groups in total. The lowest BCUT2D eigenvalue weighted by Gasteiger charge is -2.24. The first-order chi connectivity index (χ1) is 17.1. The molecule has 0 saturated carbocycles. The van der Waals surface area contributed by atoms with Gasteiger partial charge in [0.15, 0.2) is 12.5 Å². The zero-order valence-electron chi connectivity index (χ0n) is 20.1. The van der Waals surface area contributed by atoms with E-state index in [1.807, 2.05) is 6.92 Å². The largest absolute Gasteiger partial charge is 0.465 e. The lowest BCUT2D eigenvalue weighted by atomic mass is 10.3. The minimum Gasteiger partial charge on any atom is -0.465 e. The normalized spacial score (nSPS) is 20.0. The summed E-state index contributed by atoms with van der Waals surface area (Å²) in [6.45, 7) is 4.90. The van der Waals surface area contributed by atoms with E-state index in [1.54, 1.807) is 31.2 Å². The Labute approximate surface area is 216 Å². The van der Waals surface area contributed by atoms with Crippen LogP contribution in [0.1, 0.15) is 38.5 Å². The van der Waals surface area contributed by atoms with Gasteiger partial charge in [0.25, 0.3) is 5.56 Å². The molecule has 14 heteroatoms. The molecule has 1 unspecified atom stereocenters. The van der Waals surface area contributed by atoms with Crippen LogP contribution in [0.15, 0.2) is 44.5 Å². The molecule has 36 heavy (non-hydrogen) atoms. The number of esters is 1. The predicted octanol–water partition coefficient (Wildman–Crippen LogP) is 3.00. The van der Waals surface area contributed by atoms with E-state index >= 15 is 0 Å². The molecular weight excluding hydrogens is 561 g/mol. The molecule has 0 amide bonds. The fourth-order valence-corrected chi connectivity index (χ4v) is 4.83. The molecule has 1 aliphatic rings. The molecule has 4 atom stereocenters. The number of nitrogens with zero attached hydrogens (tertiary/aromatic N) is 1. The molecule has 3 rings (SSSR count). The third-order valence-corrected chi connectivity index (χ3v) is 7.23. The first-order valence-corrected chi connectivity index (χ1v) is 13.7. The number of carbonyl (C=O) groups excluding carboxylic acids is 1. The second kappa shape index (κ2) is 12.8. The number of nitrogens with one attached hydrogen (secondary N) is 2. The monoisotopic (exact) mass is 589 g/mol. The lowest BCUT2D eigenvalue weighted by Crippen LogP contribution is -2.36. The second-order valence-electron chi connectivity index (χ2n) is 8.04. The van der Waals surface area contributed by atoms with Crippen LogP contribution in [0.25, 0.3) is 0 Å². The van der Waals surface area contributed by atoms with E-state index in [-0.39, 0.29) is 25.6 Å². The van der Waals surface area contributed by atoms with E-state index in [2.05, 4.69) is 26.0 Å². The molecule has 0 aliphatic carbocycles. The topological polar surface area (TPSA) is 147 Å². The maximum atomic E-state index is 13.6. The van der Waals surface area contributed by atoms with Crippen molar-refractivity contribution in [3.63, 3.8) is 0 Å². The van der Waals surface area contributed by atoms with Crippen molar-refractivity contribution in [2.24, 2.45) is 0 Å². The van der Waals surface area contributed by atoms with Crippen LogP contribution in [-0.4, -0.2) is 47.7 Å². The number of benzene rings is 1. The summed E-state index contributed by atoms with van der Waals surface area (Å²) in [5.74, 6) is -0.366. The van der Waals surface area contributed by atoms with E-state index < -0.39 is 43.5 Å². The van der Waals surface area contributed by atoms with Crippen LogP contribution in [-0.2, 0) is 28.1 Å². The van der Waals surface area contributed by atoms with Crippen LogP contribution < -0.4 is 20.9 Å². The van der Waals surface area contributed by atoms with Gasteiger partial charge in [-0.15, -0.1) is 0 Å². The van der Waals surface area contributed by atoms with Crippen LogP contribution in [0.5, 0.6) is 5.75 Å². The molecule has 0 spiro atoms. The average Bonchev–Trinajstić information content (AvgIpc) is 3.30. The first-order valence-electron chi connectivity index (χ1n) is 11.3. The SMILES string of the molecule is CCCCOC(=O)[C@H](C)NP(=O)(OC[C@@H]1OC[C@H](n2cc(C)c(=O)[nH]c2=O)O1)Oc1ccc(Br)cc1. The third kappa shape index (κ3) is 7.86. The molecule has 198 valence electrons. The number of hydrogen-bond donors (Lipinski definition) is 2.